The van der Waals surface area contributed by atoms with E-state index >= 15 is 0 Å². The molecule has 1 unspecified atom stereocenters. The lowest BCUT2D eigenvalue weighted by Gasteiger charge is -2.21. The second kappa shape index (κ2) is 7.63. The summed E-state index contributed by atoms with van der Waals surface area (Å²) in [4.78, 5) is 11.8. The van der Waals surface area contributed by atoms with Crippen LogP contribution in [0, 0.1) is 0 Å². The van der Waals surface area contributed by atoms with Crippen LogP contribution in [0.2, 0.25) is 0 Å². The fraction of sp³-hybridized carbons (Fsp3) is 0.150. The van der Waals surface area contributed by atoms with E-state index in [1.807, 2.05) is 53.9 Å². The number of nitrogens with zero attached hydrogens (tertiary/aromatic N) is 1. The average molecular weight is 432 g/mol. The molecule has 28 heavy (non-hydrogen) atoms. The third-order valence-corrected chi connectivity index (χ3v) is 8.23. The lowest BCUT2D eigenvalue weighted by Crippen LogP contribution is -2.30. The van der Waals surface area contributed by atoms with Gasteiger partial charge in [0.05, 0.1) is 11.5 Å². The summed E-state index contributed by atoms with van der Waals surface area (Å²) in [5, 5.41) is 14.4. The molecule has 1 amide bonds. The van der Waals surface area contributed by atoms with Gasteiger partial charge in [0.15, 0.2) is 9.84 Å². The third kappa shape index (κ3) is 3.95. The zero-order chi connectivity index (χ0) is 19.7. The lowest BCUT2D eigenvalue weighted by molar-refractivity contribution is -0.158. The summed E-state index contributed by atoms with van der Waals surface area (Å²) in [6.07, 6.45) is 0.252. The van der Waals surface area contributed by atoms with Crippen molar-refractivity contribution in [1.29, 1.82) is 0 Å². The number of benzene rings is 2. The summed E-state index contributed by atoms with van der Waals surface area (Å²) in [6, 6.07) is 16.1. The topological polar surface area (TPSA) is 74.7 Å². The van der Waals surface area contributed by atoms with Gasteiger partial charge in [0.1, 0.15) is 6.04 Å². The summed E-state index contributed by atoms with van der Waals surface area (Å²) in [6.45, 7) is 0. The molecule has 0 aliphatic carbocycles. The van der Waals surface area contributed by atoms with Crippen molar-refractivity contribution in [2.45, 2.75) is 11.8 Å². The summed E-state index contributed by atoms with van der Waals surface area (Å²) < 4.78 is 27.8. The van der Waals surface area contributed by atoms with Crippen LogP contribution in [0.5, 0.6) is 0 Å². The molecule has 1 N–H and O–H groups in total. The van der Waals surface area contributed by atoms with Crippen LogP contribution in [-0.2, 0) is 20.4 Å². The fourth-order valence-electron chi connectivity index (χ4n) is 3.19. The van der Waals surface area contributed by atoms with Crippen LogP contribution < -0.4 is 0 Å². The molecule has 0 bridgehead atoms. The van der Waals surface area contributed by atoms with Crippen molar-refractivity contribution in [3.63, 3.8) is 0 Å². The molecule has 0 spiro atoms. The van der Waals surface area contributed by atoms with Gasteiger partial charge in [-0.05, 0) is 52.0 Å². The van der Waals surface area contributed by atoms with E-state index in [1.165, 1.54) is 11.3 Å². The predicted molar refractivity (Wildman–Crippen MR) is 114 cm³/mol. The van der Waals surface area contributed by atoms with Gasteiger partial charge in [-0.1, -0.05) is 24.3 Å². The quantitative estimate of drug-likeness (QED) is 0.263. The zero-order valence-electron chi connectivity index (χ0n) is 14.7. The van der Waals surface area contributed by atoms with E-state index in [-0.39, 0.29) is 17.9 Å². The lowest BCUT2D eigenvalue weighted by atomic mass is 10.2. The van der Waals surface area contributed by atoms with Crippen molar-refractivity contribution in [2.75, 3.05) is 5.75 Å². The van der Waals surface area contributed by atoms with Gasteiger partial charge in [0, 0.05) is 14.3 Å². The smallest absolute Gasteiger partial charge is 0.233 e. The van der Waals surface area contributed by atoms with Crippen molar-refractivity contribution in [2.24, 2.45) is 0 Å². The molecule has 1 atom stereocenters. The number of amides is 1. The van der Waals surface area contributed by atoms with E-state index in [0.29, 0.717) is 15.5 Å². The van der Waals surface area contributed by atoms with Gasteiger partial charge in [-0.3, -0.25) is 10.0 Å². The summed E-state index contributed by atoms with van der Waals surface area (Å²) >= 11 is 2.98. The monoisotopic (exact) mass is 431 g/mol. The Morgan fingerprint density at radius 1 is 1.04 bits per heavy atom. The molecule has 2 heterocycles. The molecule has 144 valence electrons. The van der Waals surface area contributed by atoms with E-state index in [9.17, 15) is 18.4 Å². The van der Waals surface area contributed by atoms with E-state index < -0.39 is 15.9 Å². The summed E-state index contributed by atoms with van der Waals surface area (Å²) in [5.74, 6) is -0.496. The Balaban J connectivity index is 1.62. The van der Waals surface area contributed by atoms with Crippen molar-refractivity contribution in [3.8, 4) is 0 Å². The normalized spacial score (nSPS) is 13.0. The molecule has 0 saturated carbocycles. The second-order valence-corrected chi connectivity index (χ2v) is 10.7. The molecule has 0 aliphatic heterocycles. The second-order valence-electron chi connectivity index (χ2n) is 6.54. The molecule has 0 saturated heterocycles. The molecule has 8 heteroatoms. The van der Waals surface area contributed by atoms with Crippen LogP contribution in [0.15, 0.2) is 60.0 Å². The maximum absolute atomic E-state index is 12.8. The van der Waals surface area contributed by atoms with Gasteiger partial charge in [0.2, 0.25) is 6.41 Å². The minimum Gasteiger partial charge on any atom is -0.285 e. The van der Waals surface area contributed by atoms with Gasteiger partial charge in [0.25, 0.3) is 0 Å². The van der Waals surface area contributed by atoms with Crippen LogP contribution in [0.3, 0.4) is 0 Å². The van der Waals surface area contributed by atoms with Crippen molar-refractivity contribution in [3.05, 3.63) is 70.4 Å². The van der Waals surface area contributed by atoms with Crippen LogP contribution in [0.4, 0.5) is 0 Å². The van der Waals surface area contributed by atoms with Gasteiger partial charge in [-0.25, -0.2) is 13.5 Å². The number of carbonyl (C=O) groups is 1. The van der Waals surface area contributed by atoms with E-state index in [0.717, 1.165) is 20.2 Å². The standard InChI is InChI=1S/C20H17NO4S3/c22-13-21(23)17(20-10-15-3-1-2-4-19(15)27-20)12-28(24,25)11-14-5-6-18-16(9-14)7-8-26-18/h1-10,13,17,23H,11-12H2. The Bertz CT molecular complexity index is 1210. The zero-order valence-corrected chi connectivity index (χ0v) is 17.1. The first kappa shape index (κ1) is 19.1. The summed E-state index contributed by atoms with van der Waals surface area (Å²) in [7, 11) is -3.58. The maximum atomic E-state index is 12.8. The van der Waals surface area contributed by atoms with Crippen molar-refractivity contribution < 1.29 is 18.4 Å². The van der Waals surface area contributed by atoms with Gasteiger partial charge in [-0.2, -0.15) is 0 Å². The minimum absolute atomic E-state index is 0.146. The Morgan fingerprint density at radius 2 is 1.82 bits per heavy atom. The van der Waals surface area contributed by atoms with E-state index in [1.54, 1.807) is 17.4 Å². The van der Waals surface area contributed by atoms with E-state index in [2.05, 4.69) is 0 Å². The Labute approximate surface area is 170 Å². The number of hydrogen-bond donors (Lipinski definition) is 1. The van der Waals surface area contributed by atoms with Crippen LogP contribution >= 0.6 is 22.7 Å². The molecule has 4 rings (SSSR count). The highest BCUT2D eigenvalue weighted by molar-refractivity contribution is 7.90. The molecule has 0 fully saturated rings. The highest BCUT2D eigenvalue weighted by Crippen LogP contribution is 2.33. The maximum Gasteiger partial charge on any atom is 0.233 e. The number of carbonyl (C=O) groups excluding carboxylic acids is 1. The number of hydrogen-bond acceptors (Lipinski definition) is 6. The molecule has 0 radical (unpaired) electrons. The highest BCUT2D eigenvalue weighted by Gasteiger charge is 2.27. The number of thiophene rings is 2. The first-order valence-corrected chi connectivity index (χ1v) is 12.0. The first-order chi connectivity index (χ1) is 13.4. The van der Waals surface area contributed by atoms with Crippen molar-refractivity contribution in [1.82, 2.24) is 5.06 Å². The fourth-order valence-corrected chi connectivity index (χ4v) is 6.84. The molecular formula is C20H17NO4S3. The Kier molecular flexibility index (Phi) is 5.20. The molecule has 2 aromatic heterocycles. The molecule has 5 nitrogen and oxygen atoms in total. The molecule has 2 aromatic carbocycles. The number of hydroxylamine groups is 2. The van der Waals surface area contributed by atoms with E-state index in [4.69, 9.17) is 0 Å². The van der Waals surface area contributed by atoms with Crippen LogP contribution in [-0.4, -0.2) is 30.9 Å². The molecular weight excluding hydrogens is 414 g/mol. The molecule has 0 aliphatic rings. The van der Waals surface area contributed by atoms with Gasteiger partial charge >= 0.3 is 0 Å². The Morgan fingerprint density at radius 3 is 2.61 bits per heavy atom. The van der Waals surface area contributed by atoms with Gasteiger partial charge in [-0.15, -0.1) is 22.7 Å². The van der Waals surface area contributed by atoms with Crippen LogP contribution in [0.1, 0.15) is 16.5 Å². The number of sulfone groups is 1. The number of rotatable bonds is 7. The summed E-state index contributed by atoms with van der Waals surface area (Å²) in [5.41, 5.74) is 0.691. The van der Waals surface area contributed by atoms with Crippen LogP contribution in [0.25, 0.3) is 20.2 Å². The third-order valence-electron chi connectivity index (χ3n) is 4.52. The average Bonchev–Trinajstić information content (AvgIpc) is 3.31. The number of fused-ring (bicyclic) bond motifs is 2. The predicted octanol–water partition coefficient (Wildman–Crippen LogP) is 4.62. The van der Waals surface area contributed by atoms with Crippen molar-refractivity contribution >= 4 is 59.1 Å². The Hall–Kier alpha value is -2.26. The SMILES string of the molecule is O=CN(O)C(CS(=O)(=O)Cc1ccc2sccc2c1)c1cc2ccccc2s1. The first-order valence-electron chi connectivity index (χ1n) is 8.53. The van der Waals surface area contributed by atoms with Gasteiger partial charge < -0.3 is 0 Å². The highest BCUT2D eigenvalue weighted by atomic mass is 32.2. The largest absolute Gasteiger partial charge is 0.285 e. The molecule has 4 aromatic rings. The minimum atomic E-state index is -3.58.